The molecule has 134 valence electrons. The van der Waals surface area contributed by atoms with Gasteiger partial charge in [-0.2, -0.15) is 0 Å². The van der Waals surface area contributed by atoms with Crippen molar-refractivity contribution in [2.75, 3.05) is 20.8 Å². The van der Waals surface area contributed by atoms with Gasteiger partial charge in [-0.25, -0.2) is 0 Å². The lowest BCUT2D eigenvalue weighted by atomic mass is 10.1. The first-order valence-electron chi connectivity index (χ1n) is 8.21. The van der Waals surface area contributed by atoms with Crippen LogP contribution in [0.15, 0.2) is 36.4 Å². The molecule has 1 amide bonds. The van der Waals surface area contributed by atoms with Gasteiger partial charge in [-0.3, -0.25) is 4.79 Å². The lowest BCUT2D eigenvalue weighted by Gasteiger charge is -2.13. The molecule has 0 fully saturated rings. The number of para-hydroxylation sites is 1. The molecule has 0 aromatic heterocycles. The zero-order chi connectivity index (χ0) is 18.2. The first kappa shape index (κ1) is 18.6. The van der Waals surface area contributed by atoms with Gasteiger partial charge in [0.05, 0.1) is 27.2 Å². The molecule has 0 saturated carbocycles. The second kappa shape index (κ2) is 8.97. The Hall–Kier alpha value is -2.69. The van der Waals surface area contributed by atoms with Gasteiger partial charge in [0.15, 0.2) is 11.5 Å². The summed E-state index contributed by atoms with van der Waals surface area (Å²) in [6.07, 6.45) is 0.291. The third kappa shape index (κ3) is 5.14. The molecule has 0 unspecified atom stereocenters. The van der Waals surface area contributed by atoms with Crippen molar-refractivity contribution in [3.63, 3.8) is 0 Å². The van der Waals surface area contributed by atoms with E-state index in [4.69, 9.17) is 14.2 Å². The molecule has 0 bridgehead atoms. The van der Waals surface area contributed by atoms with Crippen LogP contribution in [0, 0.1) is 13.8 Å². The van der Waals surface area contributed by atoms with Crippen LogP contribution in [-0.4, -0.2) is 26.7 Å². The van der Waals surface area contributed by atoms with E-state index in [1.165, 1.54) is 5.56 Å². The summed E-state index contributed by atoms with van der Waals surface area (Å²) < 4.78 is 16.3. The number of carbonyl (C=O) groups is 1. The number of methoxy groups -OCH3 is 2. The van der Waals surface area contributed by atoms with Gasteiger partial charge in [0.25, 0.3) is 0 Å². The van der Waals surface area contributed by atoms with E-state index in [0.717, 1.165) is 16.9 Å². The highest BCUT2D eigenvalue weighted by Crippen LogP contribution is 2.30. The molecule has 5 heteroatoms. The molecule has 0 spiro atoms. The maximum atomic E-state index is 12.0. The second-order valence-corrected chi connectivity index (χ2v) is 5.80. The molecule has 0 heterocycles. The van der Waals surface area contributed by atoms with Crippen LogP contribution in [0.4, 0.5) is 0 Å². The predicted molar refractivity (Wildman–Crippen MR) is 97.4 cm³/mol. The molecule has 0 radical (unpaired) electrons. The van der Waals surface area contributed by atoms with E-state index in [1.807, 2.05) is 44.2 Å². The van der Waals surface area contributed by atoms with Crippen LogP contribution in [0.3, 0.4) is 0 Å². The average Bonchev–Trinajstić information content (AvgIpc) is 2.61. The number of ether oxygens (including phenoxy) is 3. The van der Waals surface area contributed by atoms with Gasteiger partial charge < -0.3 is 19.5 Å². The van der Waals surface area contributed by atoms with Crippen molar-refractivity contribution in [3.8, 4) is 17.2 Å². The molecule has 0 saturated heterocycles. The van der Waals surface area contributed by atoms with Crippen LogP contribution in [-0.2, 0) is 11.3 Å². The van der Waals surface area contributed by atoms with Gasteiger partial charge >= 0.3 is 0 Å². The Morgan fingerprint density at radius 2 is 1.84 bits per heavy atom. The molecule has 1 N–H and O–H groups in total. The quantitative estimate of drug-likeness (QED) is 0.798. The van der Waals surface area contributed by atoms with Gasteiger partial charge in [0.1, 0.15) is 5.75 Å². The third-order valence-electron chi connectivity index (χ3n) is 3.88. The zero-order valence-electron chi connectivity index (χ0n) is 15.2. The molecule has 5 nitrogen and oxygen atoms in total. The van der Waals surface area contributed by atoms with Crippen molar-refractivity contribution in [2.45, 2.75) is 26.8 Å². The van der Waals surface area contributed by atoms with Crippen LogP contribution in [0.5, 0.6) is 17.2 Å². The number of rotatable bonds is 8. The number of amides is 1. The molecule has 0 aliphatic heterocycles. The first-order chi connectivity index (χ1) is 12.0. The van der Waals surface area contributed by atoms with Crippen LogP contribution in [0.1, 0.15) is 23.1 Å². The van der Waals surface area contributed by atoms with E-state index in [1.54, 1.807) is 14.2 Å². The topological polar surface area (TPSA) is 56.8 Å². The fourth-order valence-corrected chi connectivity index (χ4v) is 2.59. The Kier molecular flexibility index (Phi) is 6.69. The number of carbonyl (C=O) groups excluding carboxylic acids is 1. The zero-order valence-corrected chi connectivity index (χ0v) is 15.2. The number of benzene rings is 2. The lowest BCUT2D eigenvalue weighted by molar-refractivity contribution is -0.121. The Labute approximate surface area is 148 Å². The highest BCUT2D eigenvalue weighted by atomic mass is 16.5. The van der Waals surface area contributed by atoms with Gasteiger partial charge in [-0.1, -0.05) is 29.8 Å². The third-order valence-corrected chi connectivity index (χ3v) is 3.88. The van der Waals surface area contributed by atoms with E-state index < -0.39 is 0 Å². The van der Waals surface area contributed by atoms with Crippen LogP contribution >= 0.6 is 0 Å². The van der Waals surface area contributed by atoms with E-state index >= 15 is 0 Å². The molecular weight excluding hydrogens is 318 g/mol. The molecule has 0 aliphatic rings. The van der Waals surface area contributed by atoms with Crippen molar-refractivity contribution in [1.82, 2.24) is 5.32 Å². The number of hydrogen-bond donors (Lipinski definition) is 1. The van der Waals surface area contributed by atoms with Gasteiger partial charge in [0.2, 0.25) is 5.91 Å². The summed E-state index contributed by atoms with van der Waals surface area (Å²) in [6, 6.07) is 11.6. The second-order valence-electron chi connectivity index (χ2n) is 5.80. The SMILES string of the molecule is COc1cccc(CNC(=O)CCOc2ccc(C)cc2C)c1OC. The Morgan fingerprint density at radius 1 is 1.04 bits per heavy atom. The van der Waals surface area contributed by atoms with Crippen molar-refractivity contribution < 1.29 is 19.0 Å². The van der Waals surface area contributed by atoms with Crippen molar-refractivity contribution >= 4 is 5.91 Å². The largest absolute Gasteiger partial charge is 0.493 e. The average molecular weight is 343 g/mol. The fourth-order valence-electron chi connectivity index (χ4n) is 2.59. The summed E-state index contributed by atoms with van der Waals surface area (Å²) in [5.74, 6) is 2.02. The summed E-state index contributed by atoms with van der Waals surface area (Å²) in [5, 5.41) is 2.88. The smallest absolute Gasteiger partial charge is 0.223 e. The van der Waals surface area contributed by atoms with Crippen molar-refractivity contribution in [3.05, 3.63) is 53.1 Å². The Morgan fingerprint density at radius 3 is 2.52 bits per heavy atom. The summed E-state index contributed by atoms with van der Waals surface area (Å²) in [4.78, 5) is 12.0. The molecule has 0 aliphatic carbocycles. The number of nitrogens with one attached hydrogen (secondary N) is 1. The molecule has 2 aromatic rings. The molecule has 0 atom stereocenters. The van der Waals surface area contributed by atoms with Gasteiger partial charge in [-0.05, 0) is 31.5 Å². The molecule has 2 aromatic carbocycles. The van der Waals surface area contributed by atoms with Crippen LogP contribution < -0.4 is 19.5 Å². The highest BCUT2D eigenvalue weighted by Gasteiger charge is 2.10. The lowest BCUT2D eigenvalue weighted by Crippen LogP contribution is -2.24. The fraction of sp³-hybridized carbons (Fsp3) is 0.350. The van der Waals surface area contributed by atoms with Crippen molar-refractivity contribution in [1.29, 1.82) is 0 Å². The minimum Gasteiger partial charge on any atom is -0.493 e. The molecule has 25 heavy (non-hydrogen) atoms. The van der Waals surface area contributed by atoms with Crippen LogP contribution in [0.25, 0.3) is 0 Å². The van der Waals surface area contributed by atoms with Crippen molar-refractivity contribution in [2.24, 2.45) is 0 Å². The van der Waals surface area contributed by atoms with E-state index in [-0.39, 0.29) is 5.91 Å². The predicted octanol–water partition coefficient (Wildman–Crippen LogP) is 3.41. The molecule has 2 rings (SSSR count). The maximum absolute atomic E-state index is 12.0. The Balaban J connectivity index is 1.83. The summed E-state index contributed by atoms with van der Waals surface area (Å²) >= 11 is 0. The van der Waals surface area contributed by atoms with E-state index in [0.29, 0.717) is 31.1 Å². The normalized spacial score (nSPS) is 10.2. The summed E-state index contributed by atoms with van der Waals surface area (Å²) in [5.41, 5.74) is 3.13. The maximum Gasteiger partial charge on any atom is 0.223 e. The monoisotopic (exact) mass is 343 g/mol. The standard InChI is InChI=1S/C20H25NO4/c1-14-8-9-17(15(2)12-14)25-11-10-19(22)21-13-16-6-5-7-18(23-3)20(16)24-4/h5-9,12H,10-11,13H2,1-4H3,(H,21,22). The summed E-state index contributed by atoms with van der Waals surface area (Å²) in [6.45, 7) is 4.75. The number of aryl methyl sites for hydroxylation is 2. The Bertz CT molecular complexity index is 728. The highest BCUT2D eigenvalue weighted by molar-refractivity contribution is 5.76. The van der Waals surface area contributed by atoms with E-state index in [9.17, 15) is 4.79 Å². The number of hydrogen-bond acceptors (Lipinski definition) is 4. The summed E-state index contributed by atoms with van der Waals surface area (Å²) in [7, 11) is 3.17. The first-order valence-corrected chi connectivity index (χ1v) is 8.21. The molecular formula is C20H25NO4. The van der Waals surface area contributed by atoms with Gasteiger partial charge in [-0.15, -0.1) is 0 Å². The minimum absolute atomic E-state index is 0.0744. The van der Waals surface area contributed by atoms with Crippen LogP contribution in [0.2, 0.25) is 0 Å². The minimum atomic E-state index is -0.0744. The van der Waals surface area contributed by atoms with E-state index in [2.05, 4.69) is 11.4 Å². The van der Waals surface area contributed by atoms with Gasteiger partial charge in [0, 0.05) is 12.1 Å².